The summed E-state index contributed by atoms with van der Waals surface area (Å²) in [6.45, 7) is 4.11. The van der Waals surface area contributed by atoms with Crippen molar-refractivity contribution >= 4 is 17.6 Å². The van der Waals surface area contributed by atoms with Crippen LogP contribution in [0.25, 0.3) is 22.4 Å². The van der Waals surface area contributed by atoms with E-state index < -0.39 is 36.3 Å². The van der Waals surface area contributed by atoms with E-state index in [9.17, 15) is 29.3 Å². The van der Waals surface area contributed by atoms with E-state index in [1.54, 1.807) is 30.3 Å². The molecule has 0 saturated heterocycles. The van der Waals surface area contributed by atoms with E-state index in [1.165, 1.54) is 18.2 Å². The van der Waals surface area contributed by atoms with Crippen LogP contribution in [0.15, 0.2) is 78.9 Å². The summed E-state index contributed by atoms with van der Waals surface area (Å²) in [4.78, 5) is 25.1. The topological polar surface area (TPSA) is 132 Å². The molecule has 0 saturated carbocycles. The first-order valence-corrected chi connectivity index (χ1v) is 13.8. The first-order valence-electron chi connectivity index (χ1n) is 13.8. The highest BCUT2D eigenvalue weighted by Crippen LogP contribution is 2.43. The van der Waals surface area contributed by atoms with Crippen molar-refractivity contribution in [3.05, 3.63) is 95.9 Å². The molecule has 2 atom stereocenters. The lowest BCUT2D eigenvalue weighted by Crippen LogP contribution is -2.22. The standard InChI is InChI=1S/C33H35FN2O6/c1-20(2)31-30(33(42)35-26-10-6-7-11-27(26)39)29(21-8-4-3-5-9-21)32(22-12-14-23(34)15-13-22)36(31)17-16-24(37)18-25(38)19-28(40)41/h3-15,20,24-25,37-39H,16-19H2,1-2H3,(H,35,42)(H,40,41)/t24?,25-/m1/s1. The van der Waals surface area contributed by atoms with Crippen LogP contribution in [-0.2, 0) is 11.3 Å². The molecule has 3 aromatic carbocycles. The summed E-state index contributed by atoms with van der Waals surface area (Å²) < 4.78 is 16.0. The number of phenolic OH excluding ortho intramolecular Hbond substituents is 1. The van der Waals surface area contributed by atoms with Crippen LogP contribution in [0, 0.1) is 5.82 Å². The van der Waals surface area contributed by atoms with Gasteiger partial charge in [-0.15, -0.1) is 0 Å². The number of benzene rings is 3. The third-order valence-electron chi connectivity index (χ3n) is 7.05. The maximum atomic E-state index is 14.1. The van der Waals surface area contributed by atoms with E-state index >= 15 is 0 Å². The second-order valence-electron chi connectivity index (χ2n) is 10.6. The highest BCUT2D eigenvalue weighted by Gasteiger charge is 2.31. The number of carboxylic acid groups (broad SMARTS) is 1. The van der Waals surface area contributed by atoms with Gasteiger partial charge < -0.3 is 30.3 Å². The molecule has 1 heterocycles. The molecular formula is C33H35FN2O6. The van der Waals surface area contributed by atoms with Crippen LogP contribution in [-0.4, -0.2) is 49.1 Å². The first kappa shape index (κ1) is 30.5. The highest BCUT2D eigenvalue weighted by atomic mass is 19.1. The lowest BCUT2D eigenvalue weighted by atomic mass is 9.94. The number of aliphatic hydroxyl groups excluding tert-OH is 2. The third kappa shape index (κ3) is 7.05. The molecule has 8 nitrogen and oxygen atoms in total. The fourth-order valence-electron chi connectivity index (χ4n) is 5.25. The SMILES string of the molecule is CC(C)c1c(C(=O)Nc2ccccc2O)c(-c2ccccc2)c(-c2ccc(F)cc2)n1CCC(O)C[C@@H](O)CC(=O)O. The van der Waals surface area contributed by atoms with Crippen molar-refractivity contribution < 1.29 is 34.4 Å². The van der Waals surface area contributed by atoms with E-state index in [0.29, 0.717) is 28.1 Å². The number of amides is 1. The van der Waals surface area contributed by atoms with Crippen molar-refractivity contribution in [2.45, 2.75) is 57.8 Å². The quantitative estimate of drug-likeness (QED) is 0.132. The van der Waals surface area contributed by atoms with Crippen molar-refractivity contribution in [1.29, 1.82) is 0 Å². The van der Waals surface area contributed by atoms with Gasteiger partial charge in [0.05, 0.1) is 35.6 Å². The lowest BCUT2D eigenvalue weighted by Gasteiger charge is -2.20. The van der Waals surface area contributed by atoms with Gasteiger partial charge in [0.1, 0.15) is 11.6 Å². The molecule has 42 heavy (non-hydrogen) atoms. The van der Waals surface area contributed by atoms with Gasteiger partial charge in [-0.1, -0.05) is 56.3 Å². The predicted octanol–water partition coefficient (Wildman–Crippen LogP) is 6.02. The van der Waals surface area contributed by atoms with Crippen LogP contribution in [0.4, 0.5) is 10.1 Å². The zero-order valence-corrected chi connectivity index (χ0v) is 23.5. The minimum absolute atomic E-state index is 0.0839. The monoisotopic (exact) mass is 574 g/mol. The smallest absolute Gasteiger partial charge is 0.305 e. The highest BCUT2D eigenvalue weighted by molar-refractivity contribution is 6.13. The van der Waals surface area contributed by atoms with Crippen LogP contribution in [0.5, 0.6) is 5.75 Å². The zero-order chi connectivity index (χ0) is 30.4. The summed E-state index contributed by atoms with van der Waals surface area (Å²) in [5.74, 6) is -2.28. The molecule has 4 aromatic rings. The Bertz CT molecular complexity index is 1530. The maximum absolute atomic E-state index is 14.1. The summed E-state index contributed by atoms with van der Waals surface area (Å²) in [6.07, 6.45) is -2.66. The molecule has 0 spiro atoms. The fraction of sp³-hybridized carbons (Fsp3) is 0.273. The average molecular weight is 575 g/mol. The number of carboxylic acids is 1. The number of carbonyl (C=O) groups excluding carboxylic acids is 1. The largest absolute Gasteiger partial charge is 0.506 e. The minimum atomic E-state index is -1.21. The van der Waals surface area contributed by atoms with Gasteiger partial charge in [0, 0.05) is 17.8 Å². The average Bonchev–Trinajstić information content (AvgIpc) is 3.29. The van der Waals surface area contributed by atoms with Gasteiger partial charge in [0.2, 0.25) is 0 Å². The van der Waals surface area contributed by atoms with Crippen LogP contribution in [0.1, 0.15) is 55.1 Å². The number of aliphatic hydroxyl groups is 2. The normalized spacial score (nSPS) is 12.7. The van der Waals surface area contributed by atoms with E-state index in [1.807, 2.05) is 48.7 Å². The van der Waals surface area contributed by atoms with Gasteiger partial charge in [-0.3, -0.25) is 9.59 Å². The molecule has 1 unspecified atom stereocenters. The van der Waals surface area contributed by atoms with Crippen LogP contribution in [0.3, 0.4) is 0 Å². The summed E-state index contributed by atoms with van der Waals surface area (Å²) in [6, 6.07) is 21.7. The zero-order valence-electron chi connectivity index (χ0n) is 23.5. The number of nitrogens with one attached hydrogen (secondary N) is 1. The van der Waals surface area contributed by atoms with Crippen molar-refractivity contribution in [2.24, 2.45) is 0 Å². The van der Waals surface area contributed by atoms with Crippen molar-refractivity contribution in [2.75, 3.05) is 5.32 Å². The Kier molecular flexibility index (Phi) is 9.77. The van der Waals surface area contributed by atoms with Crippen LogP contribution < -0.4 is 5.32 Å². The molecule has 1 aromatic heterocycles. The number of hydrogen-bond acceptors (Lipinski definition) is 5. The number of carbonyl (C=O) groups is 2. The number of aromatic hydroxyl groups is 1. The molecule has 220 valence electrons. The number of rotatable bonds is 12. The molecule has 0 bridgehead atoms. The molecule has 0 aliphatic carbocycles. The fourth-order valence-corrected chi connectivity index (χ4v) is 5.25. The van der Waals surface area contributed by atoms with Crippen molar-refractivity contribution in [3.8, 4) is 28.1 Å². The molecule has 0 radical (unpaired) electrons. The van der Waals surface area contributed by atoms with Gasteiger partial charge in [-0.2, -0.15) is 0 Å². The number of aliphatic carboxylic acids is 1. The van der Waals surface area contributed by atoms with Gasteiger partial charge in [-0.25, -0.2) is 4.39 Å². The summed E-state index contributed by atoms with van der Waals surface area (Å²) in [5, 5.41) is 43.0. The van der Waals surface area contributed by atoms with Crippen LogP contribution in [0.2, 0.25) is 0 Å². The number of nitrogens with zero attached hydrogens (tertiary/aromatic N) is 1. The van der Waals surface area contributed by atoms with Crippen LogP contribution >= 0.6 is 0 Å². The van der Waals surface area contributed by atoms with E-state index in [4.69, 9.17) is 5.11 Å². The molecule has 9 heteroatoms. The Labute approximate surface area is 243 Å². The predicted molar refractivity (Wildman–Crippen MR) is 159 cm³/mol. The summed E-state index contributed by atoms with van der Waals surface area (Å²) in [5.41, 5.74) is 3.94. The Morgan fingerprint density at radius 1 is 0.881 bits per heavy atom. The molecule has 5 N–H and O–H groups in total. The van der Waals surface area contributed by atoms with E-state index in [2.05, 4.69) is 5.32 Å². The number of anilines is 1. The molecule has 4 rings (SSSR count). The van der Waals surface area contributed by atoms with Crippen molar-refractivity contribution in [1.82, 2.24) is 4.57 Å². The molecule has 0 fully saturated rings. The summed E-state index contributed by atoms with van der Waals surface area (Å²) >= 11 is 0. The van der Waals surface area contributed by atoms with E-state index in [0.717, 1.165) is 5.56 Å². The number of hydrogen-bond donors (Lipinski definition) is 5. The Morgan fingerprint density at radius 2 is 1.52 bits per heavy atom. The third-order valence-corrected chi connectivity index (χ3v) is 7.05. The second kappa shape index (κ2) is 13.5. The maximum Gasteiger partial charge on any atom is 0.305 e. The van der Waals surface area contributed by atoms with Crippen molar-refractivity contribution in [3.63, 3.8) is 0 Å². The molecular weight excluding hydrogens is 539 g/mol. The minimum Gasteiger partial charge on any atom is -0.506 e. The van der Waals surface area contributed by atoms with Gasteiger partial charge in [-0.05, 0) is 66.3 Å². The van der Waals surface area contributed by atoms with Gasteiger partial charge in [0.15, 0.2) is 0 Å². The number of aromatic nitrogens is 1. The lowest BCUT2D eigenvalue weighted by molar-refractivity contribution is -0.139. The van der Waals surface area contributed by atoms with Gasteiger partial charge >= 0.3 is 5.97 Å². The number of para-hydroxylation sites is 2. The number of halogens is 1. The molecule has 1 amide bonds. The Balaban J connectivity index is 1.91. The first-order chi connectivity index (χ1) is 20.1. The van der Waals surface area contributed by atoms with E-state index in [-0.39, 0.29) is 36.7 Å². The molecule has 0 aliphatic heterocycles. The summed E-state index contributed by atoms with van der Waals surface area (Å²) in [7, 11) is 0. The number of phenols is 1. The Morgan fingerprint density at radius 3 is 2.14 bits per heavy atom. The Hall–Kier alpha value is -4.47. The van der Waals surface area contributed by atoms with Gasteiger partial charge in [0.25, 0.3) is 5.91 Å². The second-order valence-corrected chi connectivity index (χ2v) is 10.6. The molecule has 0 aliphatic rings.